The van der Waals surface area contributed by atoms with Crippen molar-refractivity contribution in [2.75, 3.05) is 46.6 Å². The molecule has 1 saturated carbocycles. The van der Waals surface area contributed by atoms with Crippen LogP contribution in [0.3, 0.4) is 0 Å². The van der Waals surface area contributed by atoms with Gasteiger partial charge in [-0.05, 0) is 43.9 Å². The Morgan fingerprint density at radius 1 is 1.14 bits per heavy atom. The van der Waals surface area contributed by atoms with Crippen LogP contribution in [0.1, 0.15) is 32.1 Å². The highest BCUT2D eigenvalue weighted by Gasteiger charge is 2.20. The molecule has 124 valence electrons. The van der Waals surface area contributed by atoms with Crippen LogP contribution >= 0.6 is 24.0 Å². The van der Waals surface area contributed by atoms with Crippen molar-refractivity contribution in [2.45, 2.75) is 32.1 Å². The van der Waals surface area contributed by atoms with Crippen LogP contribution < -0.4 is 10.6 Å². The summed E-state index contributed by atoms with van der Waals surface area (Å²) in [5.41, 5.74) is 0. The van der Waals surface area contributed by atoms with E-state index in [0.29, 0.717) is 5.92 Å². The van der Waals surface area contributed by atoms with E-state index in [2.05, 4.69) is 15.6 Å². The number of nitrogens with zero attached hydrogens (tertiary/aromatic N) is 1. The summed E-state index contributed by atoms with van der Waals surface area (Å²) >= 11 is 0. The monoisotopic (exact) mass is 411 g/mol. The predicted octanol–water partition coefficient (Wildman–Crippen LogP) is 2.01. The highest BCUT2D eigenvalue weighted by Crippen LogP contribution is 2.27. The molecule has 0 atom stereocenters. The van der Waals surface area contributed by atoms with Crippen molar-refractivity contribution in [2.24, 2.45) is 16.8 Å². The molecule has 5 nitrogen and oxygen atoms in total. The van der Waals surface area contributed by atoms with Gasteiger partial charge in [0.15, 0.2) is 5.96 Å². The van der Waals surface area contributed by atoms with Crippen LogP contribution in [-0.2, 0) is 9.47 Å². The van der Waals surface area contributed by atoms with E-state index < -0.39 is 0 Å². The first-order valence-corrected chi connectivity index (χ1v) is 7.98. The summed E-state index contributed by atoms with van der Waals surface area (Å²) in [5, 5.41) is 6.69. The minimum atomic E-state index is 0. The summed E-state index contributed by atoms with van der Waals surface area (Å²) in [6.45, 7) is 5.48. The number of aliphatic imine (C=N–C) groups is 1. The van der Waals surface area contributed by atoms with Gasteiger partial charge in [-0.2, -0.15) is 0 Å². The highest BCUT2D eigenvalue weighted by atomic mass is 127. The predicted molar refractivity (Wildman–Crippen MR) is 96.5 cm³/mol. The van der Waals surface area contributed by atoms with Crippen molar-refractivity contribution >= 4 is 29.9 Å². The van der Waals surface area contributed by atoms with Gasteiger partial charge in [0.2, 0.25) is 0 Å². The smallest absolute Gasteiger partial charge is 0.190 e. The molecule has 2 fully saturated rings. The van der Waals surface area contributed by atoms with Crippen LogP contribution in [0.5, 0.6) is 0 Å². The topological polar surface area (TPSA) is 54.9 Å². The molecule has 1 aliphatic carbocycles. The number of hydrogen-bond donors (Lipinski definition) is 2. The number of halogens is 1. The molecule has 2 aliphatic rings. The van der Waals surface area contributed by atoms with Gasteiger partial charge in [-0.15, -0.1) is 24.0 Å². The van der Waals surface area contributed by atoms with Crippen molar-refractivity contribution in [1.82, 2.24) is 10.6 Å². The van der Waals surface area contributed by atoms with Crippen molar-refractivity contribution in [3.05, 3.63) is 0 Å². The van der Waals surface area contributed by atoms with Gasteiger partial charge in [-0.1, -0.05) is 0 Å². The molecular formula is C15H30IN3O2. The number of hydrogen-bond acceptors (Lipinski definition) is 3. The molecule has 1 aliphatic heterocycles. The van der Waals surface area contributed by atoms with Crippen LogP contribution in [0, 0.1) is 11.8 Å². The summed E-state index contributed by atoms with van der Waals surface area (Å²) in [6, 6.07) is 0. The molecule has 0 radical (unpaired) electrons. The maximum atomic E-state index is 5.74. The third-order valence-corrected chi connectivity index (χ3v) is 3.93. The summed E-state index contributed by atoms with van der Waals surface area (Å²) in [6.07, 6.45) is 6.05. The third-order valence-electron chi connectivity index (χ3n) is 3.93. The molecule has 0 aromatic carbocycles. The molecule has 6 heteroatoms. The number of guanidine groups is 1. The van der Waals surface area contributed by atoms with Gasteiger partial charge < -0.3 is 20.1 Å². The second kappa shape index (κ2) is 11.5. The molecule has 1 saturated heterocycles. The lowest BCUT2D eigenvalue weighted by Crippen LogP contribution is -2.39. The highest BCUT2D eigenvalue weighted by molar-refractivity contribution is 14.0. The van der Waals surface area contributed by atoms with E-state index in [9.17, 15) is 0 Å². The average Bonchev–Trinajstić information content (AvgIpc) is 3.31. The minimum absolute atomic E-state index is 0. The first kappa shape index (κ1) is 19.0. The Labute approximate surface area is 145 Å². The number of ether oxygens (including phenoxy) is 2. The molecule has 0 bridgehead atoms. The second-order valence-corrected chi connectivity index (χ2v) is 5.81. The molecule has 1 heterocycles. The minimum Gasteiger partial charge on any atom is -0.381 e. The largest absolute Gasteiger partial charge is 0.381 e. The van der Waals surface area contributed by atoms with Gasteiger partial charge in [-0.25, -0.2) is 0 Å². The summed E-state index contributed by atoms with van der Waals surface area (Å²) in [4.78, 5) is 4.22. The van der Waals surface area contributed by atoms with Gasteiger partial charge in [0.25, 0.3) is 0 Å². The Kier molecular flexibility index (Phi) is 10.4. The zero-order valence-electron chi connectivity index (χ0n) is 13.1. The third kappa shape index (κ3) is 8.83. The molecular weight excluding hydrogens is 381 g/mol. The van der Waals surface area contributed by atoms with E-state index in [0.717, 1.165) is 70.7 Å². The van der Waals surface area contributed by atoms with Crippen LogP contribution in [0.25, 0.3) is 0 Å². The molecule has 0 unspecified atom stereocenters. The van der Waals surface area contributed by atoms with Gasteiger partial charge >= 0.3 is 0 Å². The Hall–Kier alpha value is -0.0800. The Balaban J connectivity index is 0.00000220. The van der Waals surface area contributed by atoms with E-state index in [1.807, 2.05) is 7.05 Å². The Morgan fingerprint density at radius 3 is 2.57 bits per heavy atom. The lowest BCUT2D eigenvalue weighted by Gasteiger charge is -2.21. The van der Waals surface area contributed by atoms with Gasteiger partial charge in [-0.3, -0.25) is 4.99 Å². The van der Waals surface area contributed by atoms with Gasteiger partial charge in [0, 0.05) is 46.6 Å². The molecule has 2 N–H and O–H groups in total. The lowest BCUT2D eigenvalue weighted by molar-refractivity contribution is 0.0203. The average molecular weight is 411 g/mol. The van der Waals surface area contributed by atoms with Crippen molar-refractivity contribution in [3.8, 4) is 0 Å². The van der Waals surface area contributed by atoms with Crippen molar-refractivity contribution < 1.29 is 9.47 Å². The normalized spacial score (nSPS) is 20.0. The number of rotatable bonds is 8. The van der Waals surface area contributed by atoms with Gasteiger partial charge in [0.1, 0.15) is 0 Å². The summed E-state index contributed by atoms with van der Waals surface area (Å²) in [7, 11) is 1.82. The van der Waals surface area contributed by atoms with Gasteiger partial charge in [0.05, 0.1) is 0 Å². The number of nitrogens with one attached hydrogen (secondary N) is 2. The molecule has 0 spiro atoms. The fraction of sp³-hybridized carbons (Fsp3) is 0.933. The van der Waals surface area contributed by atoms with Crippen LogP contribution in [0.4, 0.5) is 0 Å². The lowest BCUT2D eigenvalue weighted by atomic mass is 10.0. The van der Waals surface area contributed by atoms with Crippen molar-refractivity contribution in [1.29, 1.82) is 0 Å². The second-order valence-electron chi connectivity index (χ2n) is 5.81. The molecule has 0 amide bonds. The van der Waals surface area contributed by atoms with E-state index in [1.165, 1.54) is 12.8 Å². The first-order valence-electron chi connectivity index (χ1n) is 7.98. The SMILES string of the molecule is CN=C(NCCCOCC1CCOCC1)NCC1CC1.I. The van der Waals surface area contributed by atoms with Crippen LogP contribution in [-0.4, -0.2) is 52.5 Å². The Morgan fingerprint density at radius 2 is 1.90 bits per heavy atom. The first-order chi connectivity index (χ1) is 9.88. The van der Waals surface area contributed by atoms with E-state index in [-0.39, 0.29) is 24.0 Å². The molecule has 2 rings (SSSR count). The van der Waals surface area contributed by atoms with Crippen LogP contribution in [0.2, 0.25) is 0 Å². The summed E-state index contributed by atoms with van der Waals surface area (Å²) < 4.78 is 11.1. The fourth-order valence-electron chi connectivity index (χ4n) is 2.33. The van der Waals surface area contributed by atoms with E-state index in [1.54, 1.807) is 0 Å². The fourth-order valence-corrected chi connectivity index (χ4v) is 2.33. The summed E-state index contributed by atoms with van der Waals surface area (Å²) in [5.74, 6) is 2.49. The van der Waals surface area contributed by atoms with E-state index >= 15 is 0 Å². The zero-order valence-corrected chi connectivity index (χ0v) is 15.4. The van der Waals surface area contributed by atoms with Crippen molar-refractivity contribution in [3.63, 3.8) is 0 Å². The molecule has 21 heavy (non-hydrogen) atoms. The van der Waals surface area contributed by atoms with E-state index in [4.69, 9.17) is 9.47 Å². The zero-order chi connectivity index (χ0) is 14.0. The standard InChI is InChI=1S/C15H29N3O2.HI/c1-16-15(18-11-13-3-4-13)17-7-2-8-20-12-14-5-9-19-10-6-14;/h13-14H,2-12H2,1H3,(H2,16,17,18);1H. The Bertz CT molecular complexity index is 293. The van der Waals surface area contributed by atoms with Crippen LogP contribution in [0.15, 0.2) is 4.99 Å². The molecule has 0 aromatic rings. The molecule has 0 aromatic heterocycles. The quantitative estimate of drug-likeness (QED) is 0.278. The maximum absolute atomic E-state index is 5.74. The maximum Gasteiger partial charge on any atom is 0.190 e.